The Labute approximate surface area is 224 Å². The number of hydrogen-bond acceptors (Lipinski definition) is 10. The van der Waals surface area contributed by atoms with Crippen molar-refractivity contribution < 1.29 is 13.2 Å². The second-order valence-electron chi connectivity index (χ2n) is 8.93. The molecular formula is C23H27ClN10O3S. The van der Waals surface area contributed by atoms with Crippen molar-refractivity contribution in [1.82, 2.24) is 39.1 Å². The zero-order valence-electron chi connectivity index (χ0n) is 21.1. The van der Waals surface area contributed by atoms with Crippen LogP contribution in [0.5, 0.6) is 0 Å². The minimum Gasteiger partial charge on any atom is -0.379 e. The molecule has 4 aromatic heterocycles. The van der Waals surface area contributed by atoms with Crippen LogP contribution in [0.4, 0.5) is 17.2 Å². The highest BCUT2D eigenvalue weighted by molar-refractivity contribution is 7.90. The van der Waals surface area contributed by atoms with Gasteiger partial charge in [0.1, 0.15) is 22.9 Å². The van der Waals surface area contributed by atoms with Crippen LogP contribution in [-0.2, 0) is 21.5 Å². The molecule has 5 heterocycles. The summed E-state index contributed by atoms with van der Waals surface area (Å²) < 4.78 is 33.7. The van der Waals surface area contributed by atoms with E-state index in [2.05, 4.69) is 34.9 Å². The lowest BCUT2D eigenvalue weighted by Crippen LogP contribution is -2.35. The fraction of sp³-hybridized carbons (Fsp3) is 0.348. The van der Waals surface area contributed by atoms with Gasteiger partial charge in [0.05, 0.1) is 37.1 Å². The van der Waals surface area contributed by atoms with Gasteiger partial charge in [-0.3, -0.25) is 9.62 Å². The van der Waals surface area contributed by atoms with Gasteiger partial charge in [0.2, 0.25) is 0 Å². The van der Waals surface area contributed by atoms with Gasteiger partial charge in [-0.2, -0.15) is 12.7 Å². The zero-order chi connectivity index (χ0) is 26.9. The third-order valence-electron chi connectivity index (χ3n) is 5.93. The molecule has 1 fully saturated rings. The first-order valence-corrected chi connectivity index (χ1v) is 13.6. The largest absolute Gasteiger partial charge is 0.379 e. The minimum absolute atomic E-state index is 0.0145. The number of H-pyrrole nitrogens is 1. The van der Waals surface area contributed by atoms with E-state index in [4.69, 9.17) is 26.3 Å². The van der Waals surface area contributed by atoms with E-state index in [1.807, 2.05) is 13.0 Å². The first-order chi connectivity index (χ1) is 18.2. The molecule has 15 heteroatoms. The number of nitrogens with zero attached hydrogens (tertiary/aromatic N) is 7. The number of rotatable bonds is 8. The summed E-state index contributed by atoms with van der Waals surface area (Å²) in [5.41, 5.74) is 4.20. The number of ether oxygens (including phenoxy) is 1. The number of aromatic nitrogens is 6. The van der Waals surface area contributed by atoms with Crippen molar-refractivity contribution in [2.24, 2.45) is 0 Å². The predicted octanol–water partition coefficient (Wildman–Crippen LogP) is 2.57. The van der Waals surface area contributed by atoms with Crippen molar-refractivity contribution in [3.8, 4) is 11.3 Å². The normalized spacial score (nSPS) is 14.8. The Hall–Kier alpha value is -3.43. The maximum Gasteiger partial charge on any atom is 0.301 e. The van der Waals surface area contributed by atoms with Crippen molar-refractivity contribution in [2.75, 3.05) is 50.4 Å². The van der Waals surface area contributed by atoms with Crippen LogP contribution in [0.2, 0.25) is 5.15 Å². The number of hydrogen-bond donors (Lipinski definition) is 3. The second kappa shape index (κ2) is 10.7. The average Bonchev–Trinajstić information content (AvgIpc) is 3.35. The van der Waals surface area contributed by atoms with Crippen LogP contribution in [0.15, 0.2) is 30.9 Å². The molecule has 0 bridgehead atoms. The van der Waals surface area contributed by atoms with Crippen LogP contribution in [0.3, 0.4) is 0 Å². The van der Waals surface area contributed by atoms with Crippen LogP contribution < -0.4 is 10.0 Å². The molecule has 4 aromatic rings. The molecule has 5 rings (SSSR count). The fourth-order valence-electron chi connectivity index (χ4n) is 3.98. The first-order valence-electron chi connectivity index (χ1n) is 11.8. The predicted molar refractivity (Wildman–Crippen MR) is 145 cm³/mol. The SMILES string of the molecule is Cc1nc(-c2cc(CN3CCOCC3)cnc2Nc2cnc(Cl)c(NS(=O)(=O)N(C)C)c2)c2[nH]cnc2n1. The highest BCUT2D eigenvalue weighted by Crippen LogP contribution is 2.33. The first kappa shape index (κ1) is 26.2. The van der Waals surface area contributed by atoms with Crippen molar-refractivity contribution in [3.05, 3.63) is 47.4 Å². The lowest BCUT2D eigenvalue weighted by molar-refractivity contribution is 0.0341. The van der Waals surface area contributed by atoms with E-state index in [9.17, 15) is 8.42 Å². The Morgan fingerprint density at radius 3 is 2.68 bits per heavy atom. The molecule has 0 spiro atoms. The van der Waals surface area contributed by atoms with E-state index in [-0.39, 0.29) is 10.8 Å². The van der Waals surface area contributed by atoms with Crippen molar-refractivity contribution in [2.45, 2.75) is 13.5 Å². The zero-order valence-corrected chi connectivity index (χ0v) is 22.6. The van der Waals surface area contributed by atoms with Crippen LogP contribution in [0.1, 0.15) is 11.4 Å². The molecule has 0 saturated carbocycles. The van der Waals surface area contributed by atoms with Gasteiger partial charge in [0.25, 0.3) is 0 Å². The summed E-state index contributed by atoms with van der Waals surface area (Å²) in [5.74, 6) is 1.06. The highest BCUT2D eigenvalue weighted by atomic mass is 35.5. The third-order valence-corrected chi connectivity index (χ3v) is 7.67. The van der Waals surface area contributed by atoms with Gasteiger partial charge in [-0.15, -0.1) is 0 Å². The lowest BCUT2D eigenvalue weighted by Gasteiger charge is -2.26. The number of pyridine rings is 2. The molecule has 13 nitrogen and oxygen atoms in total. The van der Waals surface area contributed by atoms with Crippen molar-refractivity contribution in [3.63, 3.8) is 0 Å². The summed E-state index contributed by atoms with van der Waals surface area (Å²) in [7, 11) is -0.949. The van der Waals surface area contributed by atoms with E-state index in [1.54, 1.807) is 18.6 Å². The highest BCUT2D eigenvalue weighted by Gasteiger charge is 2.20. The van der Waals surface area contributed by atoms with E-state index in [0.29, 0.717) is 53.9 Å². The topological polar surface area (TPSA) is 154 Å². The van der Waals surface area contributed by atoms with Crippen molar-refractivity contribution >= 4 is 50.2 Å². The molecule has 0 unspecified atom stereocenters. The smallest absolute Gasteiger partial charge is 0.301 e. The van der Waals surface area contributed by atoms with Gasteiger partial charge in [-0.05, 0) is 24.6 Å². The molecule has 1 saturated heterocycles. The molecule has 38 heavy (non-hydrogen) atoms. The molecule has 0 amide bonds. The average molecular weight is 559 g/mol. The number of anilines is 3. The summed E-state index contributed by atoms with van der Waals surface area (Å²) in [6, 6.07) is 3.59. The molecule has 1 aliphatic rings. The molecular weight excluding hydrogens is 532 g/mol. The van der Waals surface area contributed by atoms with Gasteiger partial charge >= 0.3 is 10.2 Å². The number of fused-ring (bicyclic) bond motifs is 1. The maximum atomic E-state index is 12.4. The summed E-state index contributed by atoms with van der Waals surface area (Å²) in [5, 5.41) is 3.27. The van der Waals surface area contributed by atoms with Crippen LogP contribution in [0.25, 0.3) is 22.4 Å². The standard InChI is InChI=1S/C23H27ClN10O3S/c1-14-29-19(20-23(30-14)28-13-27-20)17-8-15(12-34-4-6-37-7-5-34)10-26-22(17)31-16-9-18(21(24)25-11-16)32-38(35,36)33(2)3/h8-11,13,32H,4-7,12H2,1-3H3,(H,26,31)(H,27,28,29,30). The van der Waals surface area contributed by atoms with E-state index >= 15 is 0 Å². The van der Waals surface area contributed by atoms with Crippen LogP contribution in [0, 0.1) is 6.92 Å². The fourth-order valence-corrected chi connectivity index (χ4v) is 4.81. The van der Waals surface area contributed by atoms with Crippen LogP contribution >= 0.6 is 11.6 Å². The Bertz CT molecular complexity index is 1570. The Balaban J connectivity index is 1.55. The van der Waals surface area contributed by atoms with E-state index < -0.39 is 10.2 Å². The summed E-state index contributed by atoms with van der Waals surface area (Å²) in [6.07, 6.45) is 4.88. The third kappa shape index (κ3) is 5.68. The number of halogens is 1. The molecule has 0 aliphatic carbocycles. The van der Waals surface area contributed by atoms with Gasteiger partial charge in [0.15, 0.2) is 10.8 Å². The Morgan fingerprint density at radius 1 is 1.13 bits per heavy atom. The van der Waals surface area contributed by atoms with Gasteiger partial charge < -0.3 is 15.0 Å². The number of morpholine rings is 1. The molecule has 0 radical (unpaired) electrons. The summed E-state index contributed by atoms with van der Waals surface area (Å²) in [6.45, 7) is 5.59. The van der Waals surface area contributed by atoms with Crippen molar-refractivity contribution in [1.29, 1.82) is 0 Å². The molecule has 3 N–H and O–H groups in total. The number of imidazole rings is 1. The number of nitrogens with one attached hydrogen (secondary N) is 3. The lowest BCUT2D eigenvalue weighted by atomic mass is 10.1. The van der Waals surface area contributed by atoms with Gasteiger partial charge in [-0.1, -0.05) is 11.6 Å². The van der Waals surface area contributed by atoms with Gasteiger partial charge in [0, 0.05) is 45.5 Å². The van der Waals surface area contributed by atoms with Gasteiger partial charge in [-0.25, -0.2) is 24.9 Å². The number of aryl methyl sites for hydroxylation is 1. The minimum atomic E-state index is -3.78. The Morgan fingerprint density at radius 2 is 1.92 bits per heavy atom. The molecule has 0 atom stereocenters. The molecule has 200 valence electrons. The maximum absolute atomic E-state index is 12.4. The molecule has 0 aromatic carbocycles. The quantitative estimate of drug-likeness (QED) is 0.275. The summed E-state index contributed by atoms with van der Waals surface area (Å²) in [4.78, 5) is 27.7. The monoisotopic (exact) mass is 558 g/mol. The van der Waals surface area contributed by atoms with E-state index in [0.717, 1.165) is 28.5 Å². The number of aromatic amines is 1. The Kier molecular flexibility index (Phi) is 7.40. The van der Waals surface area contributed by atoms with E-state index in [1.165, 1.54) is 20.3 Å². The molecule has 1 aliphatic heterocycles. The van der Waals surface area contributed by atoms with Crippen LogP contribution in [-0.4, -0.2) is 87.9 Å². The second-order valence-corrected chi connectivity index (χ2v) is 11.2. The summed E-state index contributed by atoms with van der Waals surface area (Å²) >= 11 is 6.18.